The molecule has 0 saturated heterocycles. The van der Waals surface area contributed by atoms with E-state index in [2.05, 4.69) is 27.8 Å². The minimum atomic E-state index is -0.187. The van der Waals surface area contributed by atoms with E-state index >= 15 is 0 Å². The summed E-state index contributed by atoms with van der Waals surface area (Å²) >= 11 is 4.81. The number of nitrogen functional groups attached to an aromatic ring is 1. The third kappa shape index (κ3) is 3.09. The van der Waals surface area contributed by atoms with Crippen LogP contribution in [0.15, 0.2) is 22.7 Å². The van der Waals surface area contributed by atoms with Crippen LogP contribution in [-0.2, 0) is 12.8 Å². The quantitative estimate of drug-likeness (QED) is 0.914. The summed E-state index contributed by atoms with van der Waals surface area (Å²) in [7, 11) is 0. The van der Waals surface area contributed by atoms with Gasteiger partial charge in [0.15, 0.2) is 5.13 Å². The van der Waals surface area contributed by atoms with E-state index < -0.39 is 0 Å². The number of halogens is 2. The third-order valence-electron chi connectivity index (χ3n) is 2.64. The summed E-state index contributed by atoms with van der Waals surface area (Å²) in [6, 6.07) is 4.98. The highest BCUT2D eigenvalue weighted by molar-refractivity contribution is 9.10. The van der Waals surface area contributed by atoms with Crippen molar-refractivity contribution < 1.29 is 4.39 Å². The monoisotopic (exact) mass is 328 g/mol. The highest BCUT2D eigenvalue weighted by Gasteiger charge is 2.12. The molecule has 0 saturated carbocycles. The van der Waals surface area contributed by atoms with Gasteiger partial charge in [-0.3, -0.25) is 0 Å². The molecule has 0 aliphatic heterocycles. The number of nitrogens with two attached hydrogens (primary N) is 1. The second kappa shape index (κ2) is 5.80. The van der Waals surface area contributed by atoms with Gasteiger partial charge in [0.05, 0.1) is 5.69 Å². The first-order valence-corrected chi connectivity index (χ1v) is 7.39. The lowest BCUT2D eigenvalue weighted by Gasteiger charge is -2.04. The van der Waals surface area contributed by atoms with Crippen LogP contribution in [0.2, 0.25) is 0 Å². The molecule has 2 aromatic rings. The molecule has 2 rings (SSSR count). The zero-order chi connectivity index (χ0) is 13.1. The second-order valence-electron chi connectivity index (χ2n) is 4.08. The van der Waals surface area contributed by atoms with Crippen molar-refractivity contribution in [3.63, 3.8) is 0 Å². The zero-order valence-electron chi connectivity index (χ0n) is 10.0. The van der Waals surface area contributed by atoms with Crippen molar-refractivity contribution in [2.75, 3.05) is 5.73 Å². The Hall–Kier alpha value is -0.940. The molecule has 1 aromatic carbocycles. The van der Waals surface area contributed by atoms with Crippen LogP contribution in [0.25, 0.3) is 0 Å². The molecule has 0 bridgehead atoms. The van der Waals surface area contributed by atoms with Crippen molar-refractivity contribution in [2.45, 2.75) is 26.2 Å². The standard InChI is InChI=1S/C13H14BrFN2S/c1-2-3-11-12(18-13(16)17-11)7-8-6-9(14)4-5-10(8)15/h4-6H,2-3,7H2,1H3,(H2,16,17). The number of benzene rings is 1. The van der Waals surface area contributed by atoms with Gasteiger partial charge in [-0.1, -0.05) is 29.3 Å². The van der Waals surface area contributed by atoms with Crippen molar-refractivity contribution in [3.8, 4) is 0 Å². The van der Waals surface area contributed by atoms with Crippen molar-refractivity contribution in [3.05, 3.63) is 44.6 Å². The molecule has 18 heavy (non-hydrogen) atoms. The van der Waals surface area contributed by atoms with E-state index in [0.29, 0.717) is 17.1 Å². The molecule has 0 amide bonds. The van der Waals surface area contributed by atoms with Gasteiger partial charge in [-0.15, -0.1) is 11.3 Å². The van der Waals surface area contributed by atoms with E-state index in [-0.39, 0.29) is 5.82 Å². The van der Waals surface area contributed by atoms with Crippen molar-refractivity contribution in [1.82, 2.24) is 4.98 Å². The smallest absolute Gasteiger partial charge is 0.180 e. The Morgan fingerprint density at radius 1 is 1.44 bits per heavy atom. The Kier molecular flexibility index (Phi) is 4.35. The fraction of sp³-hybridized carbons (Fsp3) is 0.308. The number of hydrogen-bond donors (Lipinski definition) is 1. The molecule has 96 valence electrons. The lowest BCUT2D eigenvalue weighted by molar-refractivity contribution is 0.613. The van der Waals surface area contributed by atoms with Gasteiger partial charge in [0.25, 0.3) is 0 Å². The summed E-state index contributed by atoms with van der Waals surface area (Å²) in [6.07, 6.45) is 2.45. The van der Waals surface area contributed by atoms with Crippen molar-refractivity contribution in [2.24, 2.45) is 0 Å². The van der Waals surface area contributed by atoms with Gasteiger partial charge < -0.3 is 5.73 Å². The Morgan fingerprint density at radius 2 is 2.22 bits per heavy atom. The minimum absolute atomic E-state index is 0.187. The topological polar surface area (TPSA) is 38.9 Å². The minimum Gasteiger partial charge on any atom is -0.375 e. The van der Waals surface area contributed by atoms with Crippen LogP contribution >= 0.6 is 27.3 Å². The Morgan fingerprint density at radius 3 is 2.94 bits per heavy atom. The molecule has 1 aromatic heterocycles. The highest BCUT2D eigenvalue weighted by Crippen LogP contribution is 2.26. The largest absolute Gasteiger partial charge is 0.375 e. The number of nitrogens with zero attached hydrogens (tertiary/aromatic N) is 1. The maximum absolute atomic E-state index is 13.7. The molecule has 0 aliphatic carbocycles. The van der Waals surface area contributed by atoms with Gasteiger partial charge in [-0.05, 0) is 30.2 Å². The number of anilines is 1. The molecule has 5 heteroatoms. The maximum atomic E-state index is 13.7. The maximum Gasteiger partial charge on any atom is 0.180 e. The lowest BCUT2D eigenvalue weighted by Crippen LogP contribution is -1.95. The molecule has 0 unspecified atom stereocenters. The van der Waals surface area contributed by atoms with E-state index in [1.54, 1.807) is 12.1 Å². The first kappa shape index (κ1) is 13.5. The van der Waals surface area contributed by atoms with Crippen LogP contribution in [0.5, 0.6) is 0 Å². The summed E-state index contributed by atoms with van der Waals surface area (Å²) in [6.45, 7) is 2.10. The predicted molar refractivity (Wildman–Crippen MR) is 77.4 cm³/mol. The Labute approximate surface area is 118 Å². The van der Waals surface area contributed by atoms with E-state index in [1.807, 2.05) is 0 Å². The van der Waals surface area contributed by atoms with E-state index in [4.69, 9.17) is 5.73 Å². The van der Waals surface area contributed by atoms with Crippen LogP contribution in [0, 0.1) is 5.82 Å². The van der Waals surface area contributed by atoms with E-state index in [0.717, 1.165) is 27.9 Å². The van der Waals surface area contributed by atoms with Crippen LogP contribution in [0.1, 0.15) is 29.5 Å². The molecular formula is C13H14BrFN2S. The van der Waals surface area contributed by atoms with Crippen LogP contribution < -0.4 is 5.73 Å². The van der Waals surface area contributed by atoms with Gasteiger partial charge in [0.1, 0.15) is 5.82 Å². The number of thiazole rings is 1. The summed E-state index contributed by atoms with van der Waals surface area (Å²) in [5.41, 5.74) is 7.41. The first-order valence-electron chi connectivity index (χ1n) is 5.78. The van der Waals surface area contributed by atoms with Gasteiger partial charge in [-0.2, -0.15) is 0 Å². The molecule has 0 radical (unpaired) electrons. The fourth-order valence-electron chi connectivity index (χ4n) is 1.83. The average Bonchev–Trinajstić information content (AvgIpc) is 2.65. The lowest BCUT2D eigenvalue weighted by atomic mass is 10.1. The molecule has 0 fully saturated rings. The molecule has 0 spiro atoms. The van der Waals surface area contributed by atoms with Gasteiger partial charge in [0, 0.05) is 15.8 Å². The summed E-state index contributed by atoms with van der Waals surface area (Å²) in [5.74, 6) is -0.187. The predicted octanol–water partition coefficient (Wildman–Crippen LogP) is 4.17. The summed E-state index contributed by atoms with van der Waals surface area (Å²) in [4.78, 5) is 5.37. The van der Waals surface area contributed by atoms with E-state index in [9.17, 15) is 4.39 Å². The molecule has 2 N–H and O–H groups in total. The van der Waals surface area contributed by atoms with Crippen LogP contribution in [0.3, 0.4) is 0 Å². The number of aromatic nitrogens is 1. The molecule has 2 nitrogen and oxygen atoms in total. The van der Waals surface area contributed by atoms with Gasteiger partial charge in [-0.25, -0.2) is 9.37 Å². The molecular weight excluding hydrogens is 315 g/mol. The Balaban J connectivity index is 2.30. The second-order valence-corrected chi connectivity index (χ2v) is 6.12. The normalized spacial score (nSPS) is 10.8. The molecule has 1 heterocycles. The van der Waals surface area contributed by atoms with Crippen LogP contribution in [-0.4, -0.2) is 4.98 Å². The van der Waals surface area contributed by atoms with Crippen molar-refractivity contribution >= 4 is 32.4 Å². The zero-order valence-corrected chi connectivity index (χ0v) is 12.4. The third-order valence-corrected chi connectivity index (χ3v) is 4.06. The molecule has 0 atom stereocenters. The SMILES string of the molecule is CCCc1nc(N)sc1Cc1cc(Br)ccc1F. The van der Waals surface area contributed by atoms with Gasteiger partial charge >= 0.3 is 0 Å². The fourth-order valence-corrected chi connectivity index (χ4v) is 3.14. The number of aryl methyl sites for hydroxylation is 1. The van der Waals surface area contributed by atoms with Crippen molar-refractivity contribution in [1.29, 1.82) is 0 Å². The van der Waals surface area contributed by atoms with Gasteiger partial charge in [0.2, 0.25) is 0 Å². The molecule has 0 aliphatic rings. The van der Waals surface area contributed by atoms with E-state index in [1.165, 1.54) is 17.4 Å². The average molecular weight is 329 g/mol. The Bertz CT molecular complexity index is 554. The number of rotatable bonds is 4. The number of hydrogen-bond acceptors (Lipinski definition) is 3. The van der Waals surface area contributed by atoms with Crippen LogP contribution in [0.4, 0.5) is 9.52 Å². The summed E-state index contributed by atoms with van der Waals surface area (Å²) in [5, 5.41) is 0.559. The first-order chi connectivity index (χ1) is 8.60. The highest BCUT2D eigenvalue weighted by atomic mass is 79.9. The summed E-state index contributed by atoms with van der Waals surface area (Å²) < 4.78 is 14.6.